The lowest BCUT2D eigenvalue weighted by molar-refractivity contribution is 0.0919. The number of piperazine rings is 1. The number of furan rings is 1. The second kappa shape index (κ2) is 9.18. The number of anilines is 1. The first-order valence-electron chi connectivity index (χ1n) is 10.5. The molecule has 1 saturated heterocycles. The summed E-state index contributed by atoms with van der Waals surface area (Å²) >= 11 is 0. The number of aryl methyl sites for hydroxylation is 2. The monoisotopic (exact) mass is 403 g/mol. The Labute approximate surface area is 178 Å². The molecule has 1 aromatic heterocycles. The summed E-state index contributed by atoms with van der Waals surface area (Å²) in [5.74, 6) is 1.03. The van der Waals surface area contributed by atoms with Crippen molar-refractivity contribution in [3.8, 4) is 0 Å². The van der Waals surface area contributed by atoms with Crippen LogP contribution >= 0.6 is 0 Å². The molecule has 0 unspecified atom stereocenters. The molecule has 0 atom stereocenters. The van der Waals surface area contributed by atoms with Crippen molar-refractivity contribution in [1.29, 1.82) is 0 Å². The van der Waals surface area contributed by atoms with E-state index in [0.717, 1.165) is 44.0 Å². The topological polar surface area (TPSA) is 48.7 Å². The van der Waals surface area contributed by atoms with Gasteiger partial charge in [-0.2, -0.15) is 0 Å². The van der Waals surface area contributed by atoms with Crippen LogP contribution in [0.2, 0.25) is 0 Å². The zero-order chi connectivity index (χ0) is 20.9. The first-order chi connectivity index (χ1) is 14.6. The Kier molecular flexibility index (Phi) is 6.19. The molecule has 156 valence electrons. The van der Waals surface area contributed by atoms with E-state index in [0.29, 0.717) is 12.3 Å². The van der Waals surface area contributed by atoms with E-state index in [9.17, 15) is 4.79 Å². The molecule has 4 rings (SSSR count). The molecule has 2 aromatic carbocycles. The van der Waals surface area contributed by atoms with Crippen LogP contribution in [0.25, 0.3) is 0 Å². The van der Waals surface area contributed by atoms with Gasteiger partial charge in [-0.25, -0.2) is 0 Å². The van der Waals surface area contributed by atoms with Gasteiger partial charge in [0.2, 0.25) is 0 Å². The molecule has 5 heteroatoms. The van der Waals surface area contributed by atoms with E-state index >= 15 is 0 Å². The molecule has 5 nitrogen and oxygen atoms in total. The minimum Gasteiger partial charge on any atom is -0.455 e. The predicted octanol–water partition coefficient (Wildman–Crippen LogP) is 4.15. The normalized spacial score (nSPS) is 14.7. The molecule has 1 fully saturated rings. The van der Waals surface area contributed by atoms with Crippen molar-refractivity contribution in [2.45, 2.75) is 26.9 Å². The molecule has 1 aliphatic heterocycles. The van der Waals surface area contributed by atoms with Gasteiger partial charge in [0, 0.05) is 38.4 Å². The molecule has 1 amide bonds. The van der Waals surface area contributed by atoms with Crippen LogP contribution in [0.5, 0.6) is 0 Å². The summed E-state index contributed by atoms with van der Waals surface area (Å²) in [7, 11) is 0. The lowest BCUT2D eigenvalue weighted by Crippen LogP contribution is -2.45. The number of hydrogen-bond acceptors (Lipinski definition) is 4. The van der Waals surface area contributed by atoms with Crippen LogP contribution in [0, 0.1) is 13.8 Å². The summed E-state index contributed by atoms with van der Waals surface area (Å²) in [6, 6.07) is 20.2. The van der Waals surface area contributed by atoms with Gasteiger partial charge in [0.25, 0.3) is 5.91 Å². The van der Waals surface area contributed by atoms with Gasteiger partial charge >= 0.3 is 0 Å². The Hall–Kier alpha value is -3.05. The van der Waals surface area contributed by atoms with E-state index in [1.54, 1.807) is 6.07 Å². The van der Waals surface area contributed by atoms with Crippen LogP contribution in [0.4, 0.5) is 5.69 Å². The Morgan fingerprint density at radius 1 is 0.933 bits per heavy atom. The highest BCUT2D eigenvalue weighted by Gasteiger charge is 2.19. The van der Waals surface area contributed by atoms with Crippen LogP contribution < -0.4 is 10.2 Å². The molecule has 0 bridgehead atoms. The summed E-state index contributed by atoms with van der Waals surface area (Å²) in [6.45, 7) is 9.48. The van der Waals surface area contributed by atoms with Crippen LogP contribution in [0.1, 0.15) is 33.0 Å². The Morgan fingerprint density at radius 2 is 1.70 bits per heavy atom. The third-order valence-electron chi connectivity index (χ3n) is 5.79. The van der Waals surface area contributed by atoms with Crippen molar-refractivity contribution in [1.82, 2.24) is 10.2 Å². The van der Waals surface area contributed by atoms with Crippen LogP contribution in [-0.2, 0) is 13.1 Å². The van der Waals surface area contributed by atoms with E-state index in [4.69, 9.17) is 4.42 Å². The number of nitrogens with zero attached hydrogens (tertiary/aromatic N) is 2. The Balaban J connectivity index is 1.27. The first-order valence-corrected chi connectivity index (χ1v) is 10.5. The third-order valence-corrected chi connectivity index (χ3v) is 5.79. The molecule has 1 aliphatic rings. The van der Waals surface area contributed by atoms with Gasteiger partial charge in [0.1, 0.15) is 5.76 Å². The molecular formula is C25H29N3O2. The summed E-state index contributed by atoms with van der Waals surface area (Å²) < 4.78 is 5.81. The molecular weight excluding hydrogens is 374 g/mol. The van der Waals surface area contributed by atoms with Gasteiger partial charge in [-0.3, -0.25) is 9.69 Å². The number of hydrogen-bond donors (Lipinski definition) is 1. The molecule has 0 aliphatic carbocycles. The highest BCUT2D eigenvalue weighted by Crippen LogP contribution is 2.21. The van der Waals surface area contributed by atoms with Gasteiger partial charge in [-0.05, 0) is 54.8 Å². The fraction of sp³-hybridized carbons (Fsp3) is 0.320. The number of benzene rings is 2. The number of rotatable bonds is 6. The Morgan fingerprint density at radius 3 is 2.43 bits per heavy atom. The zero-order valence-corrected chi connectivity index (χ0v) is 17.7. The fourth-order valence-electron chi connectivity index (χ4n) is 3.76. The van der Waals surface area contributed by atoms with Gasteiger partial charge in [0.15, 0.2) is 5.76 Å². The van der Waals surface area contributed by atoms with E-state index in [1.165, 1.54) is 16.8 Å². The zero-order valence-electron chi connectivity index (χ0n) is 17.7. The number of carbonyl (C=O) groups excluding carboxylic acids is 1. The van der Waals surface area contributed by atoms with Crippen molar-refractivity contribution >= 4 is 11.6 Å². The van der Waals surface area contributed by atoms with E-state index < -0.39 is 0 Å². The average molecular weight is 404 g/mol. The second-order valence-corrected chi connectivity index (χ2v) is 7.97. The lowest BCUT2D eigenvalue weighted by Gasteiger charge is -2.36. The quantitative estimate of drug-likeness (QED) is 0.672. The molecule has 30 heavy (non-hydrogen) atoms. The maximum Gasteiger partial charge on any atom is 0.287 e. The van der Waals surface area contributed by atoms with Crippen molar-refractivity contribution in [2.75, 3.05) is 31.1 Å². The molecule has 2 heterocycles. The maximum atomic E-state index is 12.3. The summed E-state index contributed by atoms with van der Waals surface area (Å²) in [5.41, 5.74) is 5.04. The molecule has 0 spiro atoms. The highest BCUT2D eigenvalue weighted by atomic mass is 16.4. The predicted molar refractivity (Wildman–Crippen MR) is 120 cm³/mol. The standard InChI is InChI=1S/C25H29N3O2/c1-19-8-9-22(16-20(19)2)28-14-12-27(13-15-28)18-23-10-11-24(30-23)25(29)26-17-21-6-4-3-5-7-21/h3-11,16H,12-15,17-18H2,1-2H3,(H,26,29). The molecule has 1 N–H and O–H groups in total. The molecule has 3 aromatic rings. The van der Waals surface area contributed by atoms with Crippen molar-refractivity contribution in [2.24, 2.45) is 0 Å². The number of nitrogens with one attached hydrogen (secondary N) is 1. The first kappa shape index (κ1) is 20.2. The molecule has 0 saturated carbocycles. The third kappa shape index (κ3) is 4.92. The van der Waals surface area contributed by atoms with Gasteiger partial charge in [0.05, 0.1) is 6.54 Å². The summed E-state index contributed by atoms with van der Waals surface area (Å²) in [6.07, 6.45) is 0. The van der Waals surface area contributed by atoms with Gasteiger partial charge in [-0.15, -0.1) is 0 Å². The van der Waals surface area contributed by atoms with Crippen LogP contribution in [-0.4, -0.2) is 37.0 Å². The lowest BCUT2D eigenvalue weighted by atomic mass is 10.1. The second-order valence-electron chi connectivity index (χ2n) is 7.97. The van der Waals surface area contributed by atoms with Crippen LogP contribution in [0.3, 0.4) is 0 Å². The largest absolute Gasteiger partial charge is 0.455 e. The minimum atomic E-state index is -0.176. The van der Waals surface area contributed by atoms with Crippen molar-refractivity contribution in [3.05, 3.63) is 88.9 Å². The average Bonchev–Trinajstić information content (AvgIpc) is 3.24. The summed E-state index contributed by atoms with van der Waals surface area (Å²) in [5, 5.41) is 2.91. The van der Waals surface area contributed by atoms with E-state index in [1.807, 2.05) is 36.4 Å². The van der Waals surface area contributed by atoms with Crippen molar-refractivity contribution < 1.29 is 9.21 Å². The van der Waals surface area contributed by atoms with E-state index in [2.05, 4.69) is 47.2 Å². The number of amides is 1. The summed E-state index contributed by atoms with van der Waals surface area (Å²) in [4.78, 5) is 17.2. The highest BCUT2D eigenvalue weighted by molar-refractivity contribution is 5.91. The smallest absolute Gasteiger partial charge is 0.287 e. The Bertz CT molecular complexity index is 989. The van der Waals surface area contributed by atoms with Crippen LogP contribution in [0.15, 0.2) is 65.1 Å². The fourth-order valence-corrected chi connectivity index (χ4v) is 3.76. The minimum absolute atomic E-state index is 0.176. The number of carbonyl (C=O) groups is 1. The van der Waals surface area contributed by atoms with E-state index in [-0.39, 0.29) is 5.91 Å². The van der Waals surface area contributed by atoms with Gasteiger partial charge < -0.3 is 14.6 Å². The SMILES string of the molecule is Cc1ccc(N2CCN(Cc3ccc(C(=O)NCc4ccccc4)o3)CC2)cc1C. The van der Waals surface area contributed by atoms with Gasteiger partial charge in [-0.1, -0.05) is 36.4 Å². The molecule has 0 radical (unpaired) electrons. The van der Waals surface area contributed by atoms with Crippen molar-refractivity contribution in [3.63, 3.8) is 0 Å². The maximum absolute atomic E-state index is 12.3.